The molecule has 228 valence electrons. The Morgan fingerprint density at radius 1 is 0.977 bits per heavy atom. The molecule has 8 nitrogen and oxygen atoms in total. The third-order valence-electron chi connectivity index (χ3n) is 7.44. The number of Topliss-reactive ketones (excluding diaryl/α,β-unsaturated/α-hetero) is 1. The number of anilines is 1. The predicted molar refractivity (Wildman–Crippen MR) is 175 cm³/mol. The van der Waals surface area contributed by atoms with Crippen molar-refractivity contribution < 1.29 is 24.2 Å². The molecule has 5 rings (SSSR count). The molecule has 0 aliphatic carbocycles. The number of aliphatic hydroxyl groups is 1. The molecule has 0 bridgehead atoms. The zero-order valence-electron chi connectivity index (χ0n) is 25.4. The second-order valence-corrected chi connectivity index (χ2v) is 12.9. The Labute approximate surface area is 265 Å². The SMILES string of the molecule is CCCCOc1ccc(C2C(=C(O)c3cc(C)ccc3C)C(=O)C(=O)N2c2nnc(SCc3ccc(C)cc3)s2)cc1OC. The van der Waals surface area contributed by atoms with Crippen LogP contribution in [-0.2, 0) is 15.3 Å². The van der Waals surface area contributed by atoms with Crippen LogP contribution in [0, 0.1) is 20.8 Å². The maximum atomic E-state index is 13.7. The van der Waals surface area contributed by atoms with Crippen molar-refractivity contribution >= 4 is 45.7 Å². The molecule has 44 heavy (non-hydrogen) atoms. The van der Waals surface area contributed by atoms with Crippen LogP contribution in [0.5, 0.6) is 11.5 Å². The second-order valence-electron chi connectivity index (χ2n) is 10.7. The Kier molecular flexibility index (Phi) is 9.71. The second kappa shape index (κ2) is 13.7. The highest BCUT2D eigenvalue weighted by Crippen LogP contribution is 2.46. The maximum absolute atomic E-state index is 13.7. The molecule has 1 unspecified atom stereocenters. The van der Waals surface area contributed by atoms with Crippen LogP contribution in [0.3, 0.4) is 0 Å². The summed E-state index contributed by atoms with van der Waals surface area (Å²) in [7, 11) is 1.54. The number of benzene rings is 3. The third kappa shape index (κ3) is 6.51. The van der Waals surface area contributed by atoms with Crippen molar-refractivity contribution in [3.05, 3.63) is 99.6 Å². The van der Waals surface area contributed by atoms with Gasteiger partial charge in [0.15, 0.2) is 15.8 Å². The summed E-state index contributed by atoms with van der Waals surface area (Å²) in [5, 5.41) is 20.6. The molecule has 1 aliphatic rings. The molecule has 1 amide bonds. The van der Waals surface area contributed by atoms with Crippen LogP contribution in [-0.4, -0.2) is 40.7 Å². The molecule has 1 atom stereocenters. The molecule has 1 aliphatic heterocycles. The average Bonchev–Trinajstić information content (AvgIpc) is 3.59. The fourth-order valence-corrected chi connectivity index (χ4v) is 6.79. The van der Waals surface area contributed by atoms with Crippen LogP contribution >= 0.6 is 23.1 Å². The Balaban J connectivity index is 1.58. The molecule has 0 spiro atoms. The van der Waals surface area contributed by atoms with Crippen molar-refractivity contribution in [1.82, 2.24) is 10.2 Å². The minimum atomic E-state index is -0.962. The number of methoxy groups -OCH3 is 1. The average molecular weight is 630 g/mol. The third-order valence-corrected chi connectivity index (χ3v) is 9.56. The number of ketones is 1. The highest BCUT2D eigenvalue weighted by Gasteiger charge is 2.48. The summed E-state index contributed by atoms with van der Waals surface area (Å²) < 4.78 is 12.2. The minimum Gasteiger partial charge on any atom is -0.507 e. The standard InChI is InChI=1S/C34H35N3O5S2/c1-6-7-16-42-26-15-14-24(18-27(26)41-5)29-28(30(38)25-17-21(3)8-11-22(25)4)31(39)32(40)37(29)33-35-36-34(44-33)43-19-23-12-9-20(2)10-13-23/h8-15,17-18,29,38H,6-7,16,19H2,1-5H3. The first-order valence-electron chi connectivity index (χ1n) is 14.4. The molecule has 10 heteroatoms. The lowest BCUT2D eigenvalue weighted by Crippen LogP contribution is -2.29. The zero-order chi connectivity index (χ0) is 31.4. The van der Waals surface area contributed by atoms with Crippen molar-refractivity contribution in [2.24, 2.45) is 0 Å². The van der Waals surface area contributed by atoms with Gasteiger partial charge in [0.1, 0.15) is 5.76 Å². The molecule has 0 saturated carbocycles. The lowest BCUT2D eigenvalue weighted by atomic mass is 9.93. The zero-order valence-corrected chi connectivity index (χ0v) is 27.1. The van der Waals surface area contributed by atoms with Crippen molar-refractivity contribution in [2.75, 3.05) is 18.6 Å². The fraction of sp³-hybridized carbons (Fsp3) is 0.294. The molecule has 1 N–H and O–H groups in total. The fourth-order valence-electron chi connectivity index (χ4n) is 4.97. The van der Waals surface area contributed by atoms with Gasteiger partial charge < -0.3 is 14.6 Å². The van der Waals surface area contributed by atoms with Gasteiger partial charge in [0.25, 0.3) is 5.78 Å². The minimum absolute atomic E-state index is 0.0190. The van der Waals surface area contributed by atoms with E-state index in [0.29, 0.717) is 39.3 Å². The first-order valence-corrected chi connectivity index (χ1v) is 16.2. The Bertz CT molecular complexity index is 1710. The summed E-state index contributed by atoms with van der Waals surface area (Å²) in [5.74, 6) is -0.113. The van der Waals surface area contributed by atoms with Crippen LogP contribution in [0.15, 0.2) is 70.6 Å². The Hall–Kier alpha value is -4.15. The van der Waals surface area contributed by atoms with Gasteiger partial charge in [-0.1, -0.05) is 90.0 Å². The molecular weight excluding hydrogens is 595 g/mol. The topological polar surface area (TPSA) is 102 Å². The molecule has 3 aromatic carbocycles. The molecular formula is C34H35N3O5S2. The van der Waals surface area contributed by atoms with E-state index in [1.54, 1.807) is 25.3 Å². The molecule has 4 aromatic rings. The number of unbranched alkanes of at least 4 members (excludes halogenated alkanes) is 1. The number of rotatable bonds is 11. The predicted octanol–water partition coefficient (Wildman–Crippen LogP) is 7.57. The number of carbonyl (C=O) groups is 2. The number of aromatic nitrogens is 2. The summed E-state index contributed by atoms with van der Waals surface area (Å²) in [4.78, 5) is 28.8. The number of amides is 1. The van der Waals surface area contributed by atoms with E-state index in [4.69, 9.17) is 9.47 Å². The lowest BCUT2D eigenvalue weighted by Gasteiger charge is -2.23. The van der Waals surface area contributed by atoms with Crippen LogP contribution in [0.2, 0.25) is 0 Å². The smallest absolute Gasteiger partial charge is 0.301 e. The summed E-state index contributed by atoms with van der Waals surface area (Å²) in [6.45, 7) is 8.43. The van der Waals surface area contributed by atoms with E-state index >= 15 is 0 Å². The van der Waals surface area contributed by atoms with Crippen molar-refractivity contribution in [1.29, 1.82) is 0 Å². The van der Waals surface area contributed by atoms with Crippen LogP contribution in [0.25, 0.3) is 5.76 Å². The maximum Gasteiger partial charge on any atom is 0.301 e. The monoisotopic (exact) mass is 629 g/mol. The normalized spacial score (nSPS) is 16.0. The highest BCUT2D eigenvalue weighted by atomic mass is 32.2. The number of aliphatic hydroxyl groups excluding tert-OH is 1. The largest absolute Gasteiger partial charge is 0.507 e. The van der Waals surface area contributed by atoms with Gasteiger partial charge in [-0.15, -0.1) is 10.2 Å². The van der Waals surface area contributed by atoms with Crippen molar-refractivity contribution in [2.45, 2.75) is 56.7 Å². The van der Waals surface area contributed by atoms with Gasteiger partial charge in [-0.25, -0.2) is 0 Å². The van der Waals surface area contributed by atoms with Gasteiger partial charge in [-0.05, 0) is 62.1 Å². The highest BCUT2D eigenvalue weighted by molar-refractivity contribution is 8.00. The van der Waals surface area contributed by atoms with E-state index in [9.17, 15) is 14.7 Å². The van der Waals surface area contributed by atoms with E-state index in [1.807, 2.05) is 39.0 Å². The first kappa shape index (κ1) is 31.3. The number of hydrogen-bond acceptors (Lipinski definition) is 9. The van der Waals surface area contributed by atoms with Crippen molar-refractivity contribution in [3.63, 3.8) is 0 Å². The van der Waals surface area contributed by atoms with E-state index in [-0.39, 0.29) is 16.5 Å². The van der Waals surface area contributed by atoms with Crippen LogP contribution in [0.4, 0.5) is 5.13 Å². The van der Waals surface area contributed by atoms with Gasteiger partial charge in [0, 0.05) is 11.3 Å². The van der Waals surface area contributed by atoms with E-state index < -0.39 is 17.7 Å². The Morgan fingerprint density at radius 3 is 2.45 bits per heavy atom. The van der Waals surface area contributed by atoms with Crippen LogP contribution < -0.4 is 14.4 Å². The summed E-state index contributed by atoms with van der Waals surface area (Å²) >= 11 is 2.74. The Morgan fingerprint density at radius 2 is 1.73 bits per heavy atom. The summed E-state index contributed by atoms with van der Waals surface area (Å²) in [6.07, 6.45) is 1.88. The number of hydrogen-bond donors (Lipinski definition) is 1. The first-order chi connectivity index (χ1) is 21.2. The van der Waals surface area contributed by atoms with E-state index in [1.165, 1.54) is 33.6 Å². The van der Waals surface area contributed by atoms with E-state index in [0.717, 1.165) is 29.5 Å². The van der Waals surface area contributed by atoms with Gasteiger partial charge in [-0.3, -0.25) is 14.5 Å². The molecule has 1 saturated heterocycles. The summed E-state index contributed by atoms with van der Waals surface area (Å²) in [6, 6.07) is 18.2. The van der Waals surface area contributed by atoms with Gasteiger partial charge in [0.05, 0.1) is 25.3 Å². The van der Waals surface area contributed by atoms with Gasteiger partial charge >= 0.3 is 5.91 Å². The summed E-state index contributed by atoms with van der Waals surface area (Å²) in [5.41, 5.74) is 5.06. The number of ether oxygens (including phenoxy) is 2. The number of carbonyl (C=O) groups excluding carboxylic acids is 2. The van der Waals surface area contributed by atoms with Crippen LogP contribution in [0.1, 0.15) is 59.2 Å². The molecule has 2 heterocycles. The molecule has 1 fully saturated rings. The molecule has 0 radical (unpaired) electrons. The molecule has 1 aromatic heterocycles. The van der Waals surface area contributed by atoms with Gasteiger partial charge in [-0.2, -0.15) is 0 Å². The number of aryl methyl sites for hydroxylation is 3. The lowest BCUT2D eigenvalue weighted by molar-refractivity contribution is -0.132. The van der Waals surface area contributed by atoms with Crippen molar-refractivity contribution in [3.8, 4) is 11.5 Å². The number of nitrogens with zero attached hydrogens (tertiary/aromatic N) is 3. The van der Waals surface area contributed by atoms with Gasteiger partial charge in [0.2, 0.25) is 5.13 Å². The van der Waals surface area contributed by atoms with E-state index in [2.05, 4.69) is 41.4 Å². The number of thioether (sulfide) groups is 1. The quantitative estimate of drug-likeness (QED) is 0.0453.